The molecule has 15 heteroatoms. The van der Waals surface area contributed by atoms with Crippen molar-refractivity contribution in [1.29, 1.82) is 0 Å². The topological polar surface area (TPSA) is 155 Å². The van der Waals surface area contributed by atoms with E-state index in [0.29, 0.717) is 39.3 Å². The number of imide groups is 2. The lowest BCUT2D eigenvalue weighted by Crippen LogP contribution is -2.29. The van der Waals surface area contributed by atoms with Crippen molar-refractivity contribution in [3.05, 3.63) is 148 Å². The molecule has 1 N–H and O–H groups in total. The Labute approximate surface area is 315 Å². The molecule has 0 saturated heterocycles. The molecule has 0 saturated carbocycles. The lowest BCUT2D eigenvalue weighted by Gasteiger charge is -2.13. The largest absolute Gasteiger partial charge is 0.345 e. The van der Waals surface area contributed by atoms with Crippen LogP contribution in [0.2, 0.25) is 0 Å². The SMILES string of the molecule is Cc1cn(C)c2ncc(N3C(=O)c4ccccc4C3=O)cc12.O=C1c2ccccc2C(=O)N1c1cnc2[nH]cc(Br)c2c1.O=S(=O)(Cl)c1ccccc1. The molecule has 264 valence electrons. The summed E-state index contributed by atoms with van der Waals surface area (Å²) in [7, 11) is 3.42. The maximum absolute atomic E-state index is 12.5. The highest BCUT2D eigenvalue weighted by Crippen LogP contribution is 2.32. The van der Waals surface area contributed by atoms with Crippen molar-refractivity contribution < 1.29 is 27.6 Å². The van der Waals surface area contributed by atoms with Gasteiger partial charge in [0.1, 0.15) is 11.3 Å². The smallest absolute Gasteiger partial charge is 0.266 e. The quantitative estimate of drug-likeness (QED) is 0.143. The van der Waals surface area contributed by atoms with Gasteiger partial charge < -0.3 is 9.55 Å². The molecule has 0 radical (unpaired) electrons. The Kier molecular flexibility index (Phi) is 9.28. The van der Waals surface area contributed by atoms with Crippen LogP contribution < -0.4 is 9.80 Å². The third-order valence-electron chi connectivity index (χ3n) is 8.59. The number of pyridine rings is 2. The van der Waals surface area contributed by atoms with Crippen LogP contribution >= 0.6 is 26.6 Å². The summed E-state index contributed by atoms with van der Waals surface area (Å²) in [5.41, 5.74) is 5.30. The first-order valence-electron chi connectivity index (χ1n) is 15.8. The van der Waals surface area contributed by atoms with Gasteiger partial charge in [-0.1, -0.05) is 42.5 Å². The Morgan fingerprint density at radius 1 is 0.679 bits per heavy atom. The van der Waals surface area contributed by atoms with Gasteiger partial charge in [0, 0.05) is 45.4 Å². The average Bonchev–Trinajstić information content (AvgIpc) is 3.84. The number of benzene rings is 3. The van der Waals surface area contributed by atoms with Gasteiger partial charge in [0.05, 0.1) is 50.9 Å². The molecule has 2 aliphatic heterocycles. The van der Waals surface area contributed by atoms with Gasteiger partial charge in [-0.3, -0.25) is 19.2 Å². The van der Waals surface area contributed by atoms with E-state index >= 15 is 0 Å². The standard InChI is InChI=1S/C17H13N3O2.C15H8BrN3O2.C6H5ClO2S/c1-10-9-19(2)15-14(10)7-11(8-18-15)20-16(21)12-5-3-4-6-13(12)17(20)22;16-12-7-18-13-11(12)5-8(6-17-13)19-14(20)9-3-1-2-4-10(9)15(19)21;7-10(8,9)6-4-2-1-3-5-6/h3-9H,1-2H3;1-7H,(H,17,18);1-5H. The van der Waals surface area contributed by atoms with Crippen LogP contribution in [0.3, 0.4) is 0 Å². The Morgan fingerprint density at radius 3 is 1.60 bits per heavy atom. The third-order valence-corrected chi connectivity index (χ3v) is 10.6. The van der Waals surface area contributed by atoms with E-state index in [-0.39, 0.29) is 28.5 Å². The maximum atomic E-state index is 12.5. The summed E-state index contributed by atoms with van der Waals surface area (Å²) in [4.78, 5) is 64.0. The number of halogens is 2. The van der Waals surface area contributed by atoms with Crippen molar-refractivity contribution in [2.45, 2.75) is 11.8 Å². The molecular weight excluding hydrogens is 784 g/mol. The van der Waals surface area contributed by atoms with Crippen molar-refractivity contribution >= 4 is 92.7 Å². The molecule has 4 amide bonds. The van der Waals surface area contributed by atoms with E-state index in [9.17, 15) is 27.6 Å². The van der Waals surface area contributed by atoms with E-state index < -0.39 is 9.05 Å². The molecule has 3 aromatic carbocycles. The zero-order chi connectivity index (χ0) is 37.6. The fourth-order valence-electron chi connectivity index (χ4n) is 6.07. The second-order valence-electron chi connectivity index (χ2n) is 11.9. The molecular formula is C38H26BrClN6O6S. The highest BCUT2D eigenvalue weighted by molar-refractivity contribution is 9.10. The van der Waals surface area contributed by atoms with E-state index in [4.69, 9.17) is 10.7 Å². The minimum Gasteiger partial charge on any atom is -0.345 e. The first-order chi connectivity index (χ1) is 25.3. The van der Waals surface area contributed by atoms with Gasteiger partial charge in [0.25, 0.3) is 32.7 Å². The summed E-state index contributed by atoms with van der Waals surface area (Å²) in [6, 6.07) is 25.2. The van der Waals surface area contributed by atoms with E-state index in [1.54, 1.807) is 85.2 Å². The number of aryl methyl sites for hydroxylation is 2. The van der Waals surface area contributed by atoms with Crippen LogP contribution in [0.1, 0.15) is 47.0 Å². The molecule has 2 aliphatic rings. The van der Waals surface area contributed by atoms with Crippen LogP contribution in [0, 0.1) is 6.92 Å². The minimum atomic E-state index is -3.53. The van der Waals surface area contributed by atoms with Crippen LogP contribution in [-0.4, -0.2) is 51.6 Å². The number of aromatic amines is 1. The van der Waals surface area contributed by atoms with Crippen LogP contribution in [0.15, 0.2) is 125 Å². The molecule has 6 heterocycles. The Bertz CT molecular complexity index is 2680. The molecule has 53 heavy (non-hydrogen) atoms. The molecule has 0 fully saturated rings. The van der Waals surface area contributed by atoms with E-state index in [2.05, 4.69) is 30.9 Å². The first-order valence-corrected chi connectivity index (χ1v) is 18.9. The van der Waals surface area contributed by atoms with Gasteiger partial charge in [-0.15, -0.1) is 0 Å². The van der Waals surface area contributed by atoms with Gasteiger partial charge in [0.2, 0.25) is 0 Å². The highest BCUT2D eigenvalue weighted by atomic mass is 79.9. The van der Waals surface area contributed by atoms with E-state index in [1.165, 1.54) is 23.2 Å². The molecule has 0 spiro atoms. The van der Waals surface area contributed by atoms with Crippen molar-refractivity contribution in [2.75, 3.05) is 9.80 Å². The summed E-state index contributed by atoms with van der Waals surface area (Å²) < 4.78 is 24.0. The Hall–Kier alpha value is -5.96. The second kappa shape index (κ2) is 13.9. The summed E-state index contributed by atoms with van der Waals surface area (Å²) in [5, 5.41) is 1.76. The molecule has 0 aliphatic carbocycles. The lowest BCUT2D eigenvalue weighted by molar-refractivity contribution is 0.0910. The zero-order valence-electron chi connectivity index (χ0n) is 27.8. The van der Waals surface area contributed by atoms with E-state index in [0.717, 1.165) is 31.4 Å². The Balaban J connectivity index is 0.000000132. The number of nitrogens with one attached hydrogen (secondary N) is 1. The van der Waals surface area contributed by atoms with Gasteiger partial charge >= 0.3 is 0 Å². The molecule has 12 nitrogen and oxygen atoms in total. The Morgan fingerprint density at radius 2 is 1.13 bits per heavy atom. The lowest BCUT2D eigenvalue weighted by atomic mass is 10.1. The number of anilines is 2. The monoisotopic (exact) mass is 808 g/mol. The molecule has 7 aromatic rings. The minimum absolute atomic E-state index is 0.136. The molecule has 0 unspecified atom stereocenters. The summed E-state index contributed by atoms with van der Waals surface area (Å²) >= 11 is 3.41. The molecule has 4 aromatic heterocycles. The molecule has 0 atom stereocenters. The predicted octanol–water partition coefficient (Wildman–Crippen LogP) is 7.42. The maximum Gasteiger partial charge on any atom is 0.266 e. The average molecular weight is 810 g/mol. The number of carbonyl (C=O) groups is 4. The summed E-state index contributed by atoms with van der Waals surface area (Å²) in [6.45, 7) is 1.98. The van der Waals surface area contributed by atoms with Crippen LogP contribution in [0.5, 0.6) is 0 Å². The van der Waals surface area contributed by atoms with Crippen LogP contribution in [-0.2, 0) is 16.1 Å². The van der Waals surface area contributed by atoms with Crippen LogP contribution in [0.25, 0.3) is 22.1 Å². The van der Waals surface area contributed by atoms with Crippen molar-refractivity contribution in [2.24, 2.45) is 7.05 Å². The molecule has 0 bridgehead atoms. The second-order valence-corrected chi connectivity index (χ2v) is 15.4. The van der Waals surface area contributed by atoms with Gasteiger partial charge in [0.15, 0.2) is 0 Å². The zero-order valence-corrected chi connectivity index (χ0v) is 31.0. The van der Waals surface area contributed by atoms with Crippen LogP contribution in [0.4, 0.5) is 11.4 Å². The van der Waals surface area contributed by atoms with Crippen molar-refractivity contribution in [1.82, 2.24) is 19.5 Å². The third kappa shape index (κ3) is 6.52. The number of amides is 4. The number of hydrogen-bond donors (Lipinski definition) is 1. The fraction of sp³-hybridized carbons (Fsp3) is 0.0526. The summed E-state index contributed by atoms with van der Waals surface area (Å²) in [5.74, 6) is -1.22. The fourth-order valence-corrected chi connectivity index (χ4v) is 7.28. The van der Waals surface area contributed by atoms with Gasteiger partial charge in [-0.2, -0.15) is 0 Å². The normalized spacial score (nSPS) is 13.5. The van der Waals surface area contributed by atoms with Crippen molar-refractivity contribution in [3.63, 3.8) is 0 Å². The first kappa shape index (κ1) is 35.4. The number of fused-ring (bicyclic) bond motifs is 4. The predicted molar refractivity (Wildman–Crippen MR) is 204 cm³/mol. The highest BCUT2D eigenvalue weighted by Gasteiger charge is 2.37. The summed E-state index contributed by atoms with van der Waals surface area (Å²) in [6.07, 6.45) is 6.84. The number of rotatable bonds is 3. The van der Waals surface area contributed by atoms with Gasteiger partial charge in [-0.05, 0) is 76.9 Å². The number of carbonyl (C=O) groups excluding carboxylic acids is 4. The number of aromatic nitrogens is 4. The molecule has 9 rings (SSSR count). The van der Waals surface area contributed by atoms with Crippen molar-refractivity contribution in [3.8, 4) is 0 Å². The van der Waals surface area contributed by atoms with E-state index in [1.807, 2.05) is 30.8 Å². The number of hydrogen-bond acceptors (Lipinski definition) is 8. The number of H-pyrrole nitrogens is 1. The van der Waals surface area contributed by atoms with Gasteiger partial charge in [-0.25, -0.2) is 28.2 Å². The number of nitrogens with zero attached hydrogens (tertiary/aromatic N) is 5.